The van der Waals surface area contributed by atoms with Crippen molar-refractivity contribution in [3.8, 4) is 0 Å². The van der Waals surface area contributed by atoms with Crippen LogP contribution in [0.5, 0.6) is 0 Å². The molecule has 0 unspecified atom stereocenters. The predicted molar refractivity (Wildman–Crippen MR) is 71.7 cm³/mol. The van der Waals surface area contributed by atoms with Gasteiger partial charge in [-0.15, -0.1) is 0 Å². The van der Waals surface area contributed by atoms with Gasteiger partial charge in [-0.25, -0.2) is 0 Å². The Balaban J connectivity index is 2.01. The number of benzene rings is 1. The summed E-state index contributed by atoms with van der Waals surface area (Å²) in [5.41, 5.74) is -0.387. The third-order valence-electron chi connectivity index (χ3n) is 2.90. The molecule has 0 aliphatic carbocycles. The lowest BCUT2D eigenvalue weighted by Gasteiger charge is -2.12. The number of nitrogens with zero attached hydrogens (tertiary/aromatic N) is 1. The number of aromatic nitrogens is 1. The van der Waals surface area contributed by atoms with Gasteiger partial charge in [-0.2, -0.15) is 13.2 Å². The highest BCUT2D eigenvalue weighted by Crippen LogP contribution is 2.31. The van der Waals surface area contributed by atoms with E-state index < -0.39 is 17.6 Å². The van der Waals surface area contributed by atoms with Crippen molar-refractivity contribution in [2.45, 2.75) is 12.6 Å². The molecule has 1 aromatic heterocycles. The Bertz CT molecular complexity index is 612. The zero-order valence-corrected chi connectivity index (χ0v) is 11.0. The summed E-state index contributed by atoms with van der Waals surface area (Å²) in [5, 5.41) is 2.49. The molecule has 0 radical (unpaired) electrons. The van der Waals surface area contributed by atoms with Gasteiger partial charge in [-0.3, -0.25) is 9.78 Å². The van der Waals surface area contributed by atoms with Gasteiger partial charge in [0.05, 0.1) is 11.1 Å². The summed E-state index contributed by atoms with van der Waals surface area (Å²) in [4.78, 5) is 15.8. The topological polar surface area (TPSA) is 42.0 Å². The number of alkyl halides is 3. The Kier molecular flexibility index (Phi) is 4.57. The molecular weight excluding hydrogens is 281 g/mol. The Morgan fingerprint density at radius 3 is 2.57 bits per heavy atom. The van der Waals surface area contributed by atoms with E-state index in [1.165, 1.54) is 18.2 Å². The minimum atomic E-state index is -4.54. The first-order valence-electron chi connectivity index (χ1n) is 6.32. The Hall–Kier alpha value is -2.37. The van der Waals surface area contributed by atoms with Crippen LogP contribution in [0.3, 0.4) is 0 Å². The molecule has 2 rings (SSSR count). The van der Waals surface area contributed by atoms with Crippen LogP contribution in [0.15, 0.2) is 48.8 Å². The van der Waals surface area contributed by atoms with Gasteiger partial charge in [0.15, 0.2) is 0 Å². The molecule has 0 bridgehead atoms. The van der Waals surface area contributed by atoms with Gasteiger partial charge in [0.1, 0.15) is 0 Å². The first-order chi connectivity index (χ1) is 9.98. The molecule has 0 aliphatic rings. The fourth-order valence-electron chi connectivity index (χ4n) is 1.89. The monoisotopic (exact) mass is 294 g/mol. The van der Waals surface area contributed by atoms with Crippen molar-refractivity contribution < 1.29 is 18.0 Å². The van der Waals surface area contributed by atoms with Crippen molar-refractivity contribution in [2.24, 2.45) is 0 Å². The molecule has 0 saturated carbocycles. The number of hydrogen-bond acceptors (Lipinski definition) is 2. The largest absolute Gasteiger partial charge is 0.417 e. The van der Waals surface area contributed by atoms with Crippen molar-refractivity contribution in [2.75, 3.05) is 6.54 Å². The number of halogens is 3. The Morgan fingerprint density at radius 2 is 1.90 bits per heavy atom. The zero-order chi connectivity index (χ0) is 15.3. The maximum absolute atomic E-state index is 12.8. The molecule has 0 spiro atoms. The number of carbonyl (C=O) groups is 1. The van der Waals surface area contributed by atoms with Gasteiger partial charge >= 0.3 is 6.18 Å². The minimum absolute atomic E-state index is 0.247. The van der Waals surface area contributed by atoms with Gasteiger partial charge in [-0.1, -0.05) is 18.2 Å². The fourth-order valence-corrected chi connectivity index (χ4v) is 1.89. The third kappa shape index (κ3) is 4.05. The second-order valence-electron chi connectivity index (χ2n) is 4.41. The summed E-state index contributed by atoms with van der Waals surface area (Å²) >= 11 is 0. The first-order valence-corrected chi connectivity index (χ1v) is 6.32. The van der Waals surface area contributed by atoms with Crippen LogP contribution in [-0.4, -0.2) is 17.4 Å². The summed E-state index contributed by atoms with van der Waals surface area (Å²) in [5.74, 6) is -0.730. The highest BCUT2D eigenvalue weighted by Gasteiger charge is 2.34. The fraction of sp³-hybridized carbons (Fsp3) is 0.200. The average Bonchev–Trinajstić information content (AvgIpc) is 2.47. The maximum atomic E-state index is 12.8. The lowest BCUT2D eigenvalue weighted by Crippen LogP contribution is -2.28. The van der Waals surface area contributed by atoms with Crippen LogP contribution in [0, 0.1) is 0 Å². The highest BCUT2D eigenvalue weighted by molar-refractivity contribution is 5.95. The van der Waals surface area contributed by atoms with Gasteiger partial charge in [0.2, 0.25) is 0 Å². The molecule has 21 heavy (non-hydrogen) atoms. The van der Waals surface area contributed by atoms with Crippen LogP contribution >= 0.6 is 0 Å². The molecule has 1 aromatic carbocycles. The van der Waals surface area contributed by atoms with Crippen LogP contribution in [0.25, 0.3) is 0 Å². The summed E-state index contributed by atoms with van der Waals surface area (Å²) in [6.45, 7) is 0.247. The van der Waals surface area contributed by atoms with E-state index in [9.17, 15) is 18.0 Å². The molecule has 0 saturated heterocycles. The van der Waals surface area contributed by atoms with Crippen molar-refractivity contribution in [3.05, 3.63) is 65.5 Å². The van der Waals surface area contributed by atoms with E-state index in [2.05, 4.69) is 10.3 Å². The molecule has 1 N–H and O–H groups in total. The maximum Gasteiger partial charge on any atom is 0.417 e. The normalized spacial score (nSPS) is 11.2. The molecule has 1 amide bonds. The van der Waals surface area contributed by atoms with Crippen LogP contribution in [0.2, 0.25) is 0 Å². The van der Waals surface area contributed by atoms with Gasteiger partial charge in [0.25, 0.3) is 5.91 Å². The smallest absolute Gasteiger partial charge is 0.352 e. The summed E-state index contributed by atoms with van der Waals surface area (Å²) in [6.07, 6.45) is -0.761. The average molecular weight is 294 g/mol. The van der Waals surface area contributed by atoms with Gasteiger partial charge in [-0.05, 0) is 30.2 Å². The molecule has 3 nitrogen and oxygen atoms in total. The number of amides is 1. The Labute approximate surface area is 119 Å². The predicted octanol–water partition coefficient (Wildman–Crippen LogP) is 3.07. The highest BCUT2D eigenvalue weighted by atomic mass is 19.4. The molecule has 2 aromatic rings. The number of pyridine rings is 1. The van der Waals surface area contributed by atoms with Gasteiger partial charge in [0, 0.05) is 18.9 Å². The van der Waals surface area contributed by atoms with Crippen molar-refractivity contribution in [1.82, 2.24) is 10.3 Å². The van der Waals surface area contributed by atoms with E-state index >= 15 is 0 Å². The number of nitrogens with one attached hydrogen (secondary N) is 1. The SMILES string of the molecule is O=C(NCCc1cccnc1)c1ccccc1C(F)(F)F. The number of carbonyl (C=O) groups excluding carboxylic acids is 1. The molecule has 0 fully saturated rings. The quantitative estimate of drug-likeness (QED) is 0.941. The van der Waals surface area contributed by atoms with Crippen LogP contribution < -0.4 is 5.32 Å². The van der Waals surface area contributed by atoms with E-state index in [0.717, 1.165) is 11.6 Å². The Morgan fingerprint density at radius 1 is 1.14 bits per heavy atom. The standard InChI is InChI=1S/C15H13F3N2O/c16-15(17,18)13-6-2-1-5-12(13)14(21)20-9-7-11-4-3-8-19-10-11/h1-6,8,10H,7,9H2,(H,20,21). The number of hydrogen-bond donors (Lipinski definition) is 1. The van der Waals surface area contributed by atoms with Crippen molar-refractivity contribution >= 4 is 5.91 Å². The van der Waals surface area contributed by atoms with Crippen LogP contribution in [0.4, 0.5) is 13.2 Å². The summed E-state index contributed by atoms with van der Waals surface area (Å²) in [6, 6.07) is 8.33. The summed E-state index contributed by atoms with van der Waals surface area (Å²) < 4.78 is 38.4. The van der Waals surface area contributed by atoms with Gasteiger partial charge < -0.3 is 5.32 Å². The van der Waals surface area contributed by atoms with E-state index in [4.69, 9.17) is 0 Å². The molecule has 0 aliphatic heterocycles. The lowest BCUT2D eigenvalue weighted by molar-refractivity contribution is -0.137. The first kappa shape index (κ1) is 15.0. The van der Waals surface area contributed by atoms with Crippen LogP contribution in [0.1, 0.15) is 21.5 Å². The van der Waals surface area contributed by atoms with Crippen molar-refractivity contribution in [1.29, 1.82) is 0 Å². The third-order valence-corrected chi connectivity index (χ3v) is 2.90. The van der Waals surface area contributed by atoms with E-state index in [1.807, 2.05) is 6.07 Å². The van der Waals surface area contributed by atoms with E-state index in [-0.39, 0.29) is 12.1 Å². The molecular formula is C15H13F3N2O. The van der Waals surface area contributed by atoms with Crippen LogP contribution in [-0.2, 0) is 12.6 Å². The zero-order valence-electron chi connectivity index (χ0n) is 11.0. The second kappa shape index (κ2) is 6.39. The molecule has 1 heterocycles. The molecule has 6 heteroatoms. The molecule has 0 atom stereocenters. The number of rotatable bonds is 4. The van der Waals surface area contributed by atoms with E-state index in [1.54, 1.807) is 18.5 Å². The minimum Gasteiger partial charge on any atom is -0.352 e. The lowest BCUT2D eigenvalue weighted by atomic mass is 10.1. The summed E-state index contributed by atoms with van der Waals surface area (Å²) in [7, 11) is 0. The second-order valence-corrected chi connectivity index (χ2v) is 4.41. The van der Waals surface area contributed by atoms with E-state index in [0.29, 0.717) is 6.42 Å². The van der Waals surface area contributed by atoms with Crippen molar-refractivity contribution in [3.63, 3.8) is 0 Å². The molecule has 110 valence electrons.